The molecule has 1 aromatic heterocycles. The summed E-state index contributed by atoms with van der Waals surface area (Å²) in [5.74, 6) is -1.14. The first kappa shape index (κ1) is 23.6. The third kappa shape index (κ3) is 5.60. The summed E-state index contributed by atoms with van der Waals surface area (Å²) in [5, 5.41) is 2.46. The summed E-state index contributed by atoms with van der Waals surface area (Å²) in [5.41, 5.74) is 2.81. The van der Waals surface area contributed by atoms with E-state index in [-0.39, 0.29) is 23.8 Å². The quantitative estimate of drug-likeness (QED) is 0.385. The molecule has 3 aromatic rings. The third-order valence-corrected chi connectivity index (χ3v) is 5.48. The Labute approximate surface area is 192 Å². The normalized spacial score (nSPS) is 10.8. The Kier molecular flexibility index (Phi) is 7.42. The van der Waals surface area contributed by atoms with E-state index in [0.717, 1.165) is 11.1 Å². The SMILES string of the molecule is CC(=O)N(c1nc(COC(=O)c2cccc(OC(F)F)c2)cs1)c1c(C)cc(C)cc1Cl. The zero-order chi connectivity index (χ0) is 23.4. The Bertz CT molecular complexity index is 1130. The van der Waals surface area contributed by atoms with E-state index >= 15 is 0 Å². The fourth-order valence-corrected chi connectivity index (χ4v) is 4.33. The van der Waals surface area contributed by atoms with Gasteiger partial charge in [0.05, 0.1) is 22.0 Å². The van der Waals surface area contributed by atoms with Crippen molar-refractivity contribution in [3.63, 3.8) is 0 Å². The van der Waals surface area contributed by atoms with Crippen LogP contribution in [0.25, 0.3) is 0 Å². The van der Waals surface area contributed by atoms with Gasteiger partial charge in [0.15, 0.2) is 5.13 Å². The molecule has 1 amide bonds. The van der Waals surface area contributed by atoms with Gasteiger partial charge in [-0.25, -0.2) is 9.78 Å². The van der Waals surface area contributed by atoms with Gasteiger partial charge in [-0.2, -0.15) is 8.78 Å². The fourth-order valence-electron chi connectivity index (χ4n) is 3.07. The van der Waals surface area contributed by atoms with Crippen molar-refractivity contribution < 1.29 is 27.8 Å². The lowest BCUT2D eigenvalue weighted by Crippen LogP contribution is -2.24. The number of amides is 1. The standard InChI is InChI=1S/C22H19ClF2N2O4S/c1-12-7-13(2)19(18(23)8-12)27(14(3)28)22-26-16(11-32-22)10-30-20(29)15-5-4-6-17(9-15)31-21(24)25/h4-9,11,21H,10H2,1-3H3. The summed E-state index contributed by atoms with van der Waals surface area (Å²) in [6.45, 7) is 2.01. The van der Waals surface area contributed by atoms with Crippen LogP contribution in [-0.2, 0) is 16.1 Å². The number of carbonyl (C=O) groups is 2. The molecule has 6 nitrogen and oxygen atoms in total. The van der Waals surface area contributed by atoms with Crippen LogP contribution in [0.5, 0.6) is 5.75 Å². The minimum Gasteiger partial charge on any atom is -0.456 e. The maximum Gasteiger partial charge on any atom is 0.387 e. The molecule has 0 N–H and O–H groups in total. The van der Waals surface area contributed by atoms with Gasteiger partial charge in [-0.15, -0.1) is 11.3 Å². The van der Waals surface area contributed by atoms with Crippen LogP contribution in [0.4, 0.5) is 19.6 Å². The molecule has 3 rings (SSSR count). The van der Waals surface area contributed by atoms with E-state index in [4.69, 9.17) is 16.3 Å². The molecule has 10 heteroatoms. The number of ether oxygens (including phenoxy) is 2. The summed E-state index contributed by atoms with van der Waals surface area (Å²) in [6.07, 6.45) is 0. The highest BCUT2D eigenvalue weighted by atomic mass is 35.5. The lowest BCUT2D eigenvalue weighted by Gasteiger charge is -2.22. The molecule has 0 saturated carbocycles. The third-order valence-electron chi connectivity index (χ3n) is 4.31. The average Bonchev–Trinajstić information content (AvgIpc) is 3.16. The van der Waals surface area contributed by atoms with E-state index in [2.05, 4.69) is 9.72 Å². The number of carbonyl (C=O) groups excluding carboxylic acids is 2. The van der Waals surface area contributed by atoms with Gasteiger partial charge >= 0.3 is 12.6 Å². The van der Waals surface area contributed by atoms with Crippen LogP contribution in [0.3, 0.4) is 0 Å². The fraction of sp³-hybridized carbons (Fsp3) is 0.227. The van der Waals surface area contributed by atoms with Crippen LogP contribution in [0, 0.1) is 13.8 Å². The van der Waals surface area contributed by atoms with Crippen molar-refractivity contribution in [2.75, 3.05) is 4.90 Å². The summed E-state index contributed by atoms with van der Waals surface area (Å²) in [6, 6.07) is 8.99. The topological polar surface area (TPSA) is 68.7 Å². The first-order chi connectivity index (χ1) is 15.2. The van der Waals surface area contributed by atoms with Gasteiger partial charge < -0.3 is 9.47 Å². The zero-order valence-corrected chi connectivity index (χ0v) is 19.0. The molecule has 0 unspecified atom stereocenters. The largest absolute Gasteiger partial charge is 0.456 e. The molecule has 0 bridgehead atoms. The minimum atomic E-state index is -3.00. The summed E-state index contributed by atoms with van der Waals surface area (Å²) >= 11 is 7.60. The van der Waals surface area contributed by atoms with E-state index in [1.54, 1.807) is 11.4 Å². The summed E-state index contributed by atoms with van der Waals surface area (Å²) < 4.78 is 34.2. The maximum atomic E-state index is 12.4. The van der Waals surface area contributed by atoms with E-state index in [1.165, 1.54) is 47.4 Å². The van der Waals surface area contributed by atoms with Crippen LogP contribution >= 0.6 is 22.9 Å². The van der Waals surface area contributed by atoms with Crippen molar-refractivity contribution in [3.8, 4) is 5.75 Å². The maximum absolute atomic E-state index is 12.4. The van der Waals surface area contributed by atoms with Crippen LogP contribution < -0.4 is 9.64 Å². The van der Waals surface area contributed by atoms with Gasteiger partial charge in [-0.05, 0) is 49.2 Å². The number of alkyl halides is 2. The van der Waals surface area contributed by atoms with E-state index in [9.17, 15) is 18.4 Å². The molecular weight excluding hydrogens is 462 g/mol. The number of halogens is 3. The van der Waals surface area contributed by atoms with Gasteiger partial charge in [0.2, 0.25) is 5.91 Å². The molecule has 32 heavy (non-hydrogen) atoms. The monoisotopic (exact) mass is 480 g/mol. The molecule has 168 valence electrons. The van der Waals surface area contributed by atoms with Gasteiger partial charge in [0, 0.05) is 12.3 Å². The molecule has 0 spiro atoms. The number of aromatic nitrogens is 1. The van der Waals surface area contributed by atoms with Crippen molar-refractivity contribution in [3.05, 3.63) is 69.2 Å². The van der Waals surface area contributed by atoms with Crippen LogP contribution in [0.2, 0.25) is 5.02 Å². The molecule has 0 atom stereocenters. The van der Waals surface area contributed by atoms with Crippen LogP contribution in [0.15, 0.2) is 41.8 Å². The predicted octanol–water partition coefficient (Wildman–Crippen LogP) is 6.06. The Morgan fingerprint density at radius 3 is 2.62 bits per heavy atom. The highest BCUT2D eigenvalue weighted by Crippen LogP contribution is 2.37. The van der Waals surface area contributed by atoms with Gasteiger partial charge in [0.1, 0.15) is 12.4 Å². The molecule has 0 radical (unpaired) electrons. The predicted molar refractivity (Wildman–Crippen MR) is 118 cm³/mol. The number of thiazole rings is 1. The number of hydrogen-bond donors (Lipinski definition) is 0. The lowest BCUT2D eigenvalue weighted by molar-refractivity contribution is -0.115. The van der Waals surface area contributed by atoms with Crippen molar-refractivity contribution >= 4 is 45.6 Å². The second-order valence-corrected chi connectivity index (χ2v) is 8.11. The van der Waals surface area contributed by atoms with Gasteiger partial charge in [0.25, 0.3) is 0 Å². The molecule has 0 aliphatic heterocycles. The number of hydrogen-bond acceptors (Lipinski definition) is 6. The summed E-state index contributed by atoms with van der Waals surface area (Å²) in [7, 11) is 0. The highest BCUT2D eigenvalue weighted by molar-refractivity contribution is 7.14. The second-order valence-electron chi connectivity index (χ2n) is 6.87. The molecule has 2 aromatic carbocycles. The number of benzene rings is 2. The lowest BCUT2D eigenvalue weighted by atomic mass is 10.1. The van der Waals surface area contributed by atoms with E-state index in [0.29, 0.717) is 21.5 Å². The van der Waals surface area contributed by atoms with Gasteiger partial charge in [-0.3, -0.25) is 9.69 Å². The van der Waals surface area contributed by atoms with Crippen LogP contribution in [0.1, 0.15) is 34.1 Å². The summed E-state index contributed by atoms with van der Waals surface area (Å²) in [4.78, 5) is 30.5. The molecule has 0 aliphatic carbocycles. The Morgan fingerprint density at radius 2 is 1.97 bits per heavy atom. The van der Waals surface area contributed by atoms with Crippen molar-refractivity contribution in [1.29, 1.82) is 0 Å². The van der Waals surface area contributed by atoms with Crippen LogP contribution in [-0.4, -0.2) is 23.5 Å². The number of esters is 1. The first-order valence-electron chi connectivity index (χ1n) is 9.39. The molecule has 1 heterocycles. The molecular formula is C22H19ClF2N2O4S. The Hall–Kier alpha value is -3.04. The zero-order valence-electron chi connectivity index (χ0n) is 17.4. The minimum absolute atomic E-state index is 0.0611. The van der Waals surface area contributed by atoms with Crippen molar-refractivity contribution in [2.45, 2.75) is 34.0 Å². The molecule has 0 aliphatic rings. The van der Waals surface area contributed by atoms with Gasteiger partial charge in [-0.1, -0.05) is 23.7 Å². The first-order valence-corrected chi connectivity index (χ1v) is 10.7. The smallest absolute Gasteiger partial charge is 0.387 e. The Balaban J connectivity index is 1.75. The second kappa shape index (κ2) is 10.1. The average molecular weight is 481 g/mol. The number of anilines is 2. The van der Waals surface area contributed by atoms with Crippen molar-refractivity contribution in [2.24, 2.45) is 0 Å². The van der Waals surface area contributed by atoms with Crippen molar-refractivity contribution in [1.82, 2.24) is 4.98 Å². The van der Waals surface area contributed by atoms with E-state index in [1.807, 2.05) is 19.9 Å². The Morgan fingerprint density at radius 1 is 1.22 bits per heavy atom. The molecule has 0 fully saturated rings. The highest BCUT2D eigenvalue weighted by Gasteiger charge is 2.23. The number of aryl methyl sites for hydroxylation is 2. The van der Waals surface area contributed by atoms with E-state index < -0.39 is 12.6 Å². The molecule has 0 saturated heterocycles. The number of nitrogens with zero attached hydrogens (tertiary/aromatic N) is 2. The number of rotatable bonds is 7.